The number of pyridine rings is 1. The molecule has 1 aliphatic heterocycles. The summed E-state index contributed by atoms with van der Waals surface area (Å²) in [7, 11) is 1.59. The van der Waals surface area contributed by atoms with Gasteiger partial charge in [0.15, 0.2) is 0 Å². The second kappa shape index (κ2) is 9.40. The van der Waals surface area contributed by atoms with E-state index in [9.17, 15) is 4.79 Å². The number of benzene rings is 1. The Labute approximate surface area is 185 Å². The first-order valence-corrected chi connectivity index (χ1v) is 11.0. The van der Waals surface area contributed by atoms with Crippen LogP contribution >= 0.6 is 11.3 Å². The number of aromatic nitrogens is 3. The molecule has 31 heavy (non-hydrogen) atoms. The Morgan fingerprint density at radius 1 is 1.29 bits per heavy atom. The number of morpholine rings is 1. The predicted octanol–water partition coefficient (Wildman–Crippen LogP) is 3.77. The Balaban J connectivity index is 1.50. The van der Waals surface area contributed by atoms with Gasteiger partial charge in [-0.2, -0.15) is 0 Å². The molecule has 2 aromatic heterocycles. The number of carbonyl (C=O) groups excluding carboxylic acids is 1. The molecule has 1 aliphatic rings. The van der Waals surface area contributed by atoms with Crippen molar-refractivity contribution in [1.29, 1.82) is 0 Å². The van der Waals surface area contributed by atoms with Crippen LogP contribution in [-0.2, 0) is 11.2 Å². The van der Waals surface area contributed by atoms with E-state index in [4.69, 9.17) is 9.47 Å². The molecular formula is C22H25N5O3S. The van der Waals surface area contributed by atoms with Crippen molar-refractivity contribution in [2.45, 2.75) is 26.4 Å². The van der Waals surface area contributed by atoms with E-state index >= 15 is 0 Å². The molecule has 3 heterocycles. The maximum Gasteiger partial charge on any atom is 0.257 e. The van der Waals surface area contributed by atoms with E-state index in [0.717, 1.165) is 22.7 Å². The van der Waals surface area contributed by atoms with Gasteiger partial charge in [-0.1, -0.05) is 36.5 Å². The largest absolute Gasteiger partial charge is 0.496 e. The molecule has 3 aromatic rings. The summed E-state index contributed by atoms with van der Waals surface area (Å²) in [5.74, 6) is 1.22. The van der Waals surface area contributed by atoms with E-state index in [0.29, 0.717) is 42.0 Å². The van der Waals surface area contributed by atoms with Crippen LogP contribution in [-0.4, -0.2) is 52.8 Å². The fourth-order valence-electron chi connectivity index (χ4n) is 3.53. The lowest BCUT2D eigenvalue weighted by molar-refractivity contribution is -0.0247. The number of aryl methyl sites for hydroxylation is 2. The summed E-state index contributed by atoms with van der Waals surface area (Å²) >= 11 is 1.51. The van der Waals surface area contributed by atoms with Crippen LogP contribution in [0.1, 0.15) is 39.7 Å². The van der Waals surface area contributed by atoms with Crippen LogP contribution < -0.4 is 10.1 Å². The minimum atomic E-state index is -0.309. The molecule has 4 rings (SSSR count). The molecule has 1 aromatic carbocycles. The van der Waals surface area contributed by atoms with Gasteiger partial charge in [0.05, 0.1) is 31.5 Å². The van der Waals surface area contributed by atoms with Crippen LogP contribution in [0.25, 0.3) is 0 Å². The van der Waals surface area contributed by atoms with Gasteiger partial charge >= 0.3 is 0 Å². The number of hydrogen-bond donors (Lipinski definition) is 1. The van der Waals surface area contributed by atoms with E-state index in [1.54, 1.807) is 18.1 Å². The third kappa shape index (κ3) is 4.67. The van der Waals surface area contributed by atoms with E-state index < -0.39 is 0 Å². The molecule has 1 N–H and O–H groups in total. The fourth-order valence-corrected chi connectivity index (χ4v) is 4.22. The maximum absolute atomic E-state index is 13.2. The molecular weight excluding hydrogens is 414 g/mol. The summed E-state index contributed by atoms with van der Waals surface area (Å²) in [6.45, 7) is 5.37. The van der Waals surface area contributed by atoms with Crippen LogP contribution in [0.4, 0.5) is 10.9 Å². The molecule has 1 fully saturated rings. The van der Waals surface area contributed by atoms with Gasteiger partial charge in [-0.25, -0.2) is 4.98 Å². The number of carbonyl (C=O) groups is 1. The standard InChI is InChI=1S/C22H25N5O3S/c1-4-19-25-26-22(31-19)24-18-10-6-9-16(23-18)17-13-27(11-12-30-17)21(28)15-8-5-7-14(2)20(15)29-3/h5-10,17H,4,11-13H2,1-3H3,(H,23,24,26)/t17-/m1/s1. The van der Waals surface area contributed by atoms with Crippen molar-refractivity contribution in [3.63, 3.8) is 0 Å². The molecule has 0 unspecified atom stereocenters. The van der Waals surface area contributed by atoms with Gasteiger partial charge in [-0.3, -0.25) is 4.79 Å². The van der Waals surface area contributed by atoms with Crippen molar-refractivity contribution in [1.82, 2.24) is 20.1 Å². The van der Waals surface area contributed by atoms with Crippen molar-refractivity contribution in [3.8, 4) is 5.75 Å². The monoisotopic (exact) mass is 439 g/mol. The van der Waals surface area contributed by atoms with E-state index in [2.05, 4.69) is 20.5 Å². The summed E-state index contributed by atoms with van der Waals surface area (Å²) < 4.78 is 11.4. The third-order valence-corrected chi connectivity index (χ3v) is 6.09. The molecule has 0 saturated carbocycles. The summed E-state index contributed by atoms with van der Waals surface area (Å²) in [6.07, 6.45) is 0.536. The van der Waals surface area contributed by atoms with Gasteiger partial charge in [0, 0.05) is 6.54 Å². The highest BCUT2D eigenvalue weighted by atomic mass is 32.1. The Morgan fingerprint density at radius 2 is 2.13 bits per heavy atom. The number of hydrogen-bond acceptors (Lipinski definition) is 8. The SMILES string of the molecule is CCc1nnc(Nc2cccc([C@H]3CN(C(=O)c4cccc(C)c4OC)CCO3)n2)s1. The average Bonchev–Trinajstić information content (AvgIpc) is 3.26. The topological polar surface area (TPSA) is 89.5 Å². The number of nitrogens with one attached hydrogen (secondary N) is 1. The molecule has 0 radical (unpaired) electrons. The van der Waals surface area contributed by atoms with Gasteiger partial charge in [0.1, 0.15) is 22.7 Å². The van der Waals surface area contributed by atoms with E-state index in [1.807, 2.05) is 44.2 Å². The lowest BCUT2D eigenvalue weighted by atomic mass is 10.1. The summed E-state index contributed by atoms with van der Waals surface area (Å²) in [5, 5.41) is 13.1. The van der Waals surface area contributed by atoms with Crippen LogP contribution in [0.3, 0.4) is 0 Å². The van der Waals surface area contributed by atoms with Crippen LogP contribution in [0.5, 0.6) is 5.75 Å². The summed E-state index contributed by atoms with van der Waals surface area (Å²) in [4.78, 5) is 19.7. The molecule has 8 nitrogen and oxygen atoms in total. The van der Waals surface area contributed by atoms with E-state index in [1.165, 1.54) is 11.3 Å². The minimum Gasteiger partial charge on any atom is -0.496 e. The lowest BCUT2D eigenvalue weighted by Crippen LogP contribution is -2.42. The number of nitrogens with zero attached hydrogens (tertiary/aromatic N) is 4. The van der Waals surface area contributed by atoms with Crippen molar-refractivity contribution >= 4 is 28.2 Å². The highest BCUT2D eigenvalue weighted by Crippen LogP contribution is 2.28. The van der Waals surface area contributed by atoms with Gasteiger partial charge in [0.2, 0.25) is 5.13 Å². The Kier molecular flexibility index (Phi) is 6.43. The Morgan fingerprint density at radius 3 is 2.90 bits per heavy atom. The first-order chi connectivity index (χ1) is 15.1. The molecule has 0 bridgehead atoms. The highest BCUT2D eigenvalue weighted by Gasteiger charge is 2.29. The number of para-hydroxylation sites is 1. The number of rotatable bonds is 6. The second-order valence-corrected chi connectivity index (χ2v) is 8.26. The quantitative estimate of drug-likeness (QED) is 0.625. The molecule has 0 spiro atoms. The van der Waals surface area contributed by atoms with Gasteiger partial charge in [0.25, 0.3) is 5.91 Å². The summed E-state index contributed by atoms with van der Waals surface area (Å²) in [5.41, 5.74) is 2.26. The first kappa shape index (κ1) is 21.2. The predicted molar refractivity (Wildman–Crippen MR) is 119 cm³/mol. The van der Waals surface area contributed by atoms with Crippen LogP contribution in [0, 0.1) is 6.92 Å². The van der Waals surface area contributed by atoms with Crippen molar-refractivity contribution in [2.75, 3.05) is 32.1 Å². The smallest absolute Gasteiger partial charge is 0.257 e. The van der Waals surface area contributed by atoms with Gasteiger partial charge in [-0.15, -0.1) is 10.2 Å². The zero-order valence-electron chi connectivity index (χ0n) is 17.8. The Hall–Kier alpha value is -3.04. The van der Waals surface area contributed by atoms with Gasteiger partial charge < -0.3 is 19.7 Å². The zero-order valence-corrected chi connectivity index (χ0v) is 18.6. The van der Waals surface area contributed by atoms with Crippen LogP contribution in [0.2, 0.25) is 0 Å². The van der Waals surface area contributed by atoms with Crippen LogP contribution in [0.15, 0.2) is 36.4 Å². The molecule has 9 heteroatoms. The molecule has 1 amide bonds. The molecule has 1 atom stereocenters. The zero-order chi connectivity index (χ0) is 21.8. The van der Waals surface area contributed by atoms with Crippen molar-refractivity contribution < 1.29 is 14.3 Å². The number of amides is 1. The molecule has 162 valence electrons. The normalized spacial score (nSPS) is 16.2. The third-order valence-electron chi connectivity index (χ3n) is 5.10. The summed E-state index contributed by atoms with van der Waals surface area (Å²) in [6, 6.07) is 11.3. The number of anilines is 2. The van der Waals surface area contributed by atoms with Crippen molar-refractivity contribution in [2.24, 2.45) is 0 Å². The lowest BCUT2D eigenvalue weighted by Gasteiger charge is -2.33. The average molecular weight is 440 g/mol. The van der Waals surface area contributed by atoms with Gasteiger partial charge in [-0.05, 0) is 37.1 Å². The first-order valence-electron chi connectivity index (χ1n) is 10.2. The highest BCUT2D eigenvalue weighted by molar-refractivity contribution is 7.15. The Bertz CT molecular complexity index is 1070. The molecule has 0 aliphatic carbocycles. The second-order valence-electron chi connectivity index (χ2n) is 7.19. The van der Waals surface area contributed by atoms with E-state index in [-0.39, 0.29) is 12.0 Å². The van der Waals surface area contributed by atoms with Crippen molar-refractivity contribution in [3.05, 3.63) is 58.2 Å². The number of methoxy groups -OCH3 is 1. The molecule has 1 saturated heterocycles. The minimum absolute atomic E-state index is 0.0657. The maximum atomic E-state index is 13.2. The number of ether oxygens (including phenoxy) is 2. The fraction of sp³-hybridized carbons (Fsp3) is 0.364.